The molecule has 0 fully saturated rings. The molecule has 1 heterocycles. The summed E-state index contributed by atoms with van der Waals surface area (Å²) in [7, 11) is 1.82. The molecule has 1 aromatic heterocycles. The van der Waals surface area contributed by atoms with E-state index >= 15 is 0 Å². The highest BCUT2D eigenvalue weighted by molar-refractivity contribution is 6.29. The predicted octanol–water partition coefficient (Wildman–Crippen LogP) is 3.82. The first-order valence-electron chi connectivity index (χ1n) is 7.01. The third-order valence-corrected chi connectivity index (χ3v) is 3.87. The summed E-state index contributed by atoms with van der Waals surface area (Å²) >= 11 is 6.00. The molecule has 20 heavy (non-hydrogen) atoms. The van der Waals surface area contributed by atoms with E-state index < -0.39 is 0 Å². The lowest BCUT2D eigenvalue weighted by Gasteiger charge is -2.35. The zero-order valence-electron chi connectivity index (χ0n) is 13.0. The number of pyridine rings is 1. The fraction of sp³-hybridized carbons (Fsp3) is 0.600. The highest BCUT2D eigenvalue weighted by atomic mass is 35.5. The molecule has 0 aliphatic rings. The molecule has 0 aromatic carbocycles. The molecule has 1 aromatic rings. The second-order valence-corrected chi connectivity index (χ2v) is 5.91. The van der Waals surface area contributed by atoms with Gasteiger partial charge in [0.15, 0.2) is 0 Å². The van der Waals surface area contributed by atoms with Crippen molar-refractivity contribution in [1.82, 2.24) is 9.88 Å². The molecule has 0 unspecified atom stereocenters. The summed E-state index contributed by atoms with van der Waals surface area (Å²) < 4.78 is 0. The molecule has 0 saturated carbocycles. The lowest BCUT2D eigenvalue weighted by atomic mass is 9.99. The molecular formula is C15H24ClN3O. The number of carbonyl (C=O) groups excluding carboxylic acids is 1. The number of hydrogen-bond donors (Lipinski definition) is 1. The van der Waals surface area contributed by atoms with Crippen molar-refractivity contribution in [1.29, 1.82) is 0 Å². The number of hydrogen-bond acceptors (Lipinski definition) is 3. The fourth-order valence-electron chi connectivity index (χ4n) is 1.67. The van der Waals surface area contributed by atoms with Crippen LogP contribution in [0, 0.1) is 0 Å². The summed E-state index contributed by atoms with van der Waals surface area (Å²) in [5.74, 6) is 0.603. The van der Waals surface area contributed by atoms with Gasteiger partial charge in [-0.1, -0.05) is 25.4 Å². The number of anilines is 1. The molecule has 0 atom stereocenters. The maximum Gasteiger partial charge on any atom is 0.254 e. The summed E-state index contributed by atoms with van der Waals surface area (Å²) in [6, 6.07) is 3.37. The van der Waals surface area contributed by atoms with E-state index in [9.17, 15) is 4.79 Å². The molecule has 0 aliphatic heterocycles. The van der Waals surface area contributed by atoms with E-state index in [1.807, 2.05) is 20.9 Å². The van der Waals surface area contributed by atoms with Crippen molar-refractivity contribution >= 4 is 23.3 Å². The molecule has 0 radical (unpaired) electrons. The maximum atomic E-state index is 12.5. The van der Waals surface area contributed by atoms with Crippen LogP contribution < -0.4 is 5.32 Å². The van der Waals surface area contributed by atoms with Crippen LogP contribution >= 0.6 is 11.6 Å². The van der Waals surface area contributed by atoms with Gasteiger partial charge in [0, 0.05) is 24.7 Å². The van der Waals surface area contributed by atoms with Gasteiger partial charge in [0.05, 0.1) is 0 Å². The number of carbonyl (C=O) groups is 1. The van der Waals surface area contributed by atoms with Gasteiger partial charge in [-0.25, -0.2) is 4.98 Å². The first-order valence-corrected chi connectivity index (χ1v) is 7.39. The molecule has 0 spiro atoms. The average Bonchev–Trinajstić information content (AvgIpc) is 2.42. The van der Waals surface area contributed by atoms with Gasteiger partial charge in [-0.2, -0.15) is 0 Å². The van der Waals surface area contributed by atoms with Crippen molar-refractivity contribution < 1.29 is 4.79 Å². The molecule has 4 nitrogen and oxygen atoms in total. The third kappa shape index (κ3) is 4.10. The number of nitrogens with one attached hydrogen (secondary N) is 1. The summed E-state index contributed by atoms with van der Waals surface area (Å²) in [5, 5.41) is 3.49. The van der Waals surface area contributed by atoms with E-state index in [1.54, 1.807) is 17.0 Å². The number of rotatable bonds is 6. The Morgan fingerprint density at radius 3 is 2.60 bits per heavy atom. The average molecular weight is 298 g/mol. The Bertz CT molecular complexity index is 474. The van der Waals surface area contributed by atoms with E-state index in [0.29, 0.717) is 16.5 Å². The van der Waals surface area contributed by atoms with Crippen LogP contribution in [0.3, 0.4) is 0 Å². The number of nitrogens with zero attached hydrogens (tertiary/aromatic N) is 2. The molecular weight excluding hydrogens is 274 g/mol. The largest absolute Gasteiger partial charge is 0.370 e. The Kier molecular flexibility index (Phi) is 5.81. The standard InChI is InChI=1S/C15H24ClN3O/c1-6-8-17-13-10-11(9-12(16)18-13)14(20)19(5)15(3,4)7-2/h9-10H,6-8H2,1-5H3,(H,17,18). The Morgan fingerprint density at radius 1 is 1.40 bits per heavy atom. The Balaban J connectivity index is 3.01. The third-order valence-electron chi connectivity index (χ3n) is 3.68. The number of amides is 1. The second-order valence-electron chi connectivity index (χ2n) is 5.52. The topological polar surface area (TPSA) is 45.2 Å². The molecule has 5 heteroatoms. The van der Waals surface area contributed by atoms with Crippen LogP contribution in [0.4, 0.5) is 5.82 Å². The van der Waals surface area contributed by atoms with Crippen LogP contribution in [-0.4, -0.2) is 34.9 Å². The lowest BCUT2D eigenvalue weighted by Crippen LogP contribution is -2.44. The van der Waals surface area contributed by atoms with Crippen LogP contribution in [-0.2, 0) is 0 Å². The van der Waals surface area contributed by atoms with Crippen molar-refractivity contribution in [2.45, 2.75) is 46.1 Å². The summed E-state index contributed by atoms with van der Waals surface area (Å²) in [6.07, 6.45) is 1.87. The SMILES string of the molecule is CCCNc1cc(C(=O)N(C)C(C)(C)CC)cc(Cl)n1. The highest BCUT2D eigenvalue weighted by Gasteiger charge is 2.26. The van der Waals surface area contributed by atoms with Crippen LogP contribution in [0.25, 0.3) is 0 Å². The van der Waals surface area contributed by atoms with Gasteiger partial charge >= 0.3 is 0 Å². The van der Waals surface area contributed by atoms with Gasteiger partial charge < -0.3 is 10.2 Å². The minimum absolute atomic E-state index is 0.0410. The van der Waals surface area contributed by atoms with Gasteiger partial charge in [0.25, 0.3) is 5.91 Å². The Hall–Kier alpha value is -1.29. The van der Waals surface area contributed by atoms with E-state index in [1.165, 1.54) is 0 Å². The second kappa shape index (κ2) is 6.93. The van der Waals surface area contributed by atoms with Crippen molar-refractivity contribution in [3.8, 4) is 0 Å². The summed E-state index contributed by atoms with van der Waals surface area (Å²) in [6.45, 7) is 9.03. The van der Waals surface area contributed by atoms with Crippen LogP contribution in [0.1, 0.15) is 50.9 Å². The van der Waals surface area contributed by atoms with Gasteiger partial charge in [-0.15, -0.1) is 0 Å². The van der Waals surface area contributed by atoms with Crippen molar-refractivity contribution in [3.63, 3.8) is 0 Å². The van der Waals surface area contributed by atoms with Crippen molar-refractivity contribution in [3.05, 3.63) is 22.8 Å². The molecule has 1 amide bonds. The first kappa shape index (κ1) is 16.8. The van der Waals surface area contributed by atoms with Crippen LogP contribution in [0.15, 0.2) is 12.1 Å². The van der Waals surface area contributed by atoms with E-state index in [2.05, 4.69) is 24.1 Å². The monoisotopic (exact) mass is 297 g/mol. The maximum absolute atomic E-state index is 12.5. The molecule has 112 valence electrons. The quantitative estimate of drug-likeness (QED) is 0.812. The Morgan fingerprint density at radius 2 is 2.05 bits per heavy atom. The van der Waals surface area contributed by atoms with Gasteiger partial charge in [-0.05, 0) is 38.8 Å². The highest BCUT2D eigenvalue weighted by Crippen LogP contribution is 2.22. The number of halogens is 1. The first-order chi connectivity index (χ1) is 9.31. The number of aromatic nitrogens is 1. The van der Waals surface area contributed by atoms with E-state index in [4.69, 9.17) is 11.6 Å². The zero-order chi connectivity index (χ0) is 15.3. The molecule has 1 N–H and O–H groups in total. The lowest BCUT2D eigenvalue weighted by molar-refractivity contribution is 0.0620. The van der Waals surface area contributed by atoms with Crippen molar-refractivity contribution in [2.24, 2.45) is 0 Å². The molecule has 0 saturated heterocycles. The van der Waals surface area contributed by atoms with E-state index in [0.717, 1.165) is 19.4 Å². The Labute approximate surface area is 126 Å². The van der Waals surface area contributed by atoms with E-state index in [-0.39, 0.29) is 11.4 Å². The van der Waals surface area contributed by atoms with Crippen LogP contribution in [0.2, 0.25) is 5.15 Å². The van der Waals surface area contributed by atoms with Gasteiger partial charge in [0.2, 0.25) is 0 Å². The fourth-order valence-corrected chi connectivity index (χ4v) is 1.88. The molecule has 1 rings (SSSR count). The zero-order valence-corrected chi connectivity index (χ0v) is 13.7. The van der Waals surface area contributed by atoms with Crippen molar-refractivity contribution in [2.75, 3.05) is 18.9 Å². The summed E-state index contributed by atoms with van der Waals surface area (Å²) in [5.41, 5.74) is 0.372. The summed E-state index contributed by atoms with van der Waals surface area (Å²) in [4.78, 5) is 18.5. The normalized spacial score (nSPS) is 11.3. The predicted molar refractivity (Wildman–Crippen MR) is 84.5 cm³/mol. The molecule has 0 bridgehead atoms. The van der Waals surface area contributed by atoms with Crippen LogP contribution in [0.5, 0.6) is 0 Å². The van der Waals surface area contributed by atoms with Gasteiger partial charge in [-0.3, -0.25) is 4.79 Å². The van der Waals surface area contributed by atoms with Gasteiger partial charge in [0.1, 0.15) is 11.0 Å². The molecule has 0 aliphatic carbocycles. The minimum atomic E-state index is -0.191. The minimum Gasteiger partial charge on any atom is -0.370 e. The smallest absolute Gasteiger partial charge is 0.254 e.